The molecule has 1 amide bonds. The largest absolute Gasteiger partial charge is 0.368 e. The lowest BCUT2D eigenvalue weighted by Crippen LogP contribution is -2.34. The summed E-state index contributed by atoms with van der Waals surface area (Å²) in [5.41, 5.74) is 5.31. The highest BCUT2D eigenvalue weighted by molar-refractivity contribution is 7.89. The number of hydrogen-bond acceptors (Lipinski definition) is 6. The molecule has 0 radical (unpaired) electrons. The molecule has 0 atom stereocenters. The molecule has 1 aliphatic heterocycles. The summed E-state index contributed by atoms with van der Waals surface area (Å²) in [4.78, 5) is 18.5. The molecule has 0 aromatic carbocycles. The van der Waals surface area contributed by atoms with Gasteiger partial charge in [0.1, 0.15) is 4.90 Å². The molecule has 0 unspecified atom stereocenters. The average Bonchev–Trinajstić information content (AvgIpc) is 2.55. The van der Waals surface area contributed by atoms with Gasteiger partial charge in [0, 0.05) is 26.1 Å². The Morgan fingerprint density at radius 3 is 2.61 bits per heavy atom. The third-order valence-electron chi connectivity index (χ3n) is 2.56. The van der Waals surface area contributed by atoms with Crippen LogP contribution in [0, 0.1) is 0 Å². The highest BCUT2D eigenvalue weighted by Gasteiger charge is 2.27. The van der Waals surface area contributed by atoms with Gasteiger partial charge in [-0.3, -0.25) is 4.79 Å². The minimum absolute atomic E-state index is 0.0154. The van der Waals surface area contributed by atoms with Crippen molar-refractivity contribution in [2.24, 2.45) is 0 Å². The van der Waals surface area contributed by atoms with E-state index in [1.807, 2.05) is 0 Å². The molecular weight excluding hydrogens is 258 g/mol. The highest BCUT2D eigenvalue weighted by atomic mass is 32.2. The summed E-state index contributed by atoms with van der Waals surface area (Å²) in [7, 11) is -3.67. The molecule has 98 valence electrons. The van der Waals surface area contributed by atoms with E-state index < -0.39 is 10.0 Å². The number of nitrogens with zero attached hydrogens (tertiary/aromatic N) is 3. The molecule has 9 heteroatoms. The van der Waals surface area contributed by atoms with Gasteiger partial charge in [-0.1, -0.05) is 0 Å². The molecule has 1 saturated heterocycles. The van der Waals surface area contributed by atoms with Crippen molar-refractivity contribution in [3.8, 4) is 0 Å². The lowest BCUT2D eigenvalue weighted by Gasteiger charge is -2.18. The number of carbonyl (C=O) groups is 1. The predicted molar refractivity (Wildman–Crippen MR) is 62.8 cm³/mol. The van der Waals surface area contributed by atoms with Crippen molar-refractivity contribution in [3.63, 3.8) is 0 Å². The second-order valence-electron chi connectivity index (χ2n) is 3.78. The molecule has 1 aromatic heterocycles. The Morgan fingerprint density at radius 1 is 1.28 bits per heavy atom. The molecule has 18 heavy (non-hydrogen) atoms. The number of aromatic nitrogens is 2. The van der Waals surface area contributed by atoms with Crippen molar-refractivity contribution >= 4 is 21.9 Å². The summed E-state index contributed by atoms with van der Waals surface area (Å²) in [5, 5.41) is 2.61. The van der Waals surface area contributed by atoms with E-state index in [2.05, 4.69) is 15.3 Å². The number of sulfonamides is 1. The van der Waals surface area contributed by atoms with Crippen molar-refractivity contribution in [2.45, 2.75) is 11.3 Å². The van der Waals surface area contributed by atoms with Crippen molar-refractivity contribution in [1.29, 1.82) is 0 Å². The molecular formula is C9H13N5O3S. The number of hydrogen-bond donors (Lipinski definition) is 2. The minimum Gasteiger partial charge on any atom is -0.368 e. The first-order valence-corrected chi connectivity index (χ1v) is 6.78. The quantitative estimate of drug-likeness (QED) is 0.680. The fraction of sp³-hybridized carbons (Fsp3) is 0.444. The maximum atomic E-state index is 12.2. The average molecular weight is 271 g/mol. The summed E-state index contributed by atoms with van der Waals surface area (Å²) in [5.74, 6) is -0.136. The highest BCUT2D eigenvalue weighted by Crippen LogP contribution is 2.15. The van der Waals surface area contributed by atoms with Gasteiger partial charge < -0.3 is 11.1 Å². The topological polar surface area (TPSA) is 118 Å². The van der Waals surface area contributed by atoms with Crippen LogP contribution in [0.1, 0.15) is 6.42 Å². The van der Waals surface area contributed by atoms with Crippen LogP contribution in [0.3, 0.4) is 0 Å². The van der Waals surface area contributed by atoms with Crippen LogP contribution in [0.2, 0.25) is 0 Å². The predicted octanol–water partition coefficient (Wildman–Crippen LogP) is -1.43. The van der Waals surface area contributed by atoms with Crippen LogP contribution in [-0.2, 0) is 14.8 Å². The summed E-state index contributed by atoms with van der Waals surface area (Å²) < 4.78 is 25.7. The molecule has 2 heterocycles. The Morgan fingerprint density at radius 2 is 1.94 bits per heavy atom. The summed E-state index contributed by atoms with van der Waals surface area (Å²) >= 11 is 0. The Labute approximate surface area is 104 Å². The smallest absolute Gasteiger partial charge is 0.246 e. The van der Waals surface area contributed by atoms with Crippen LogP contribution in [0.5, 0.6) is 0 Å². The Kier molecular flexibility index (Phi) is 3.43. The number of nitrogens with two attached hydrogens (primary N) is 1. The third kappa shape index (κ3) is 2.57. The second-order valence-corrected chi connectivity index (χ2v) is 5.72. The summed E-state index contributed by atoms with van der Waals surface area (Å²) in [6.45, 7) is 0.685. The number of rotatable bonds is 2. The van der Waals surface area contributed by atoms with Gasteiger partial charge in [0.25, 0.3) is 0 Å². The first kappa shape index (κ1) is 12.7. The van der Waals surface area contributed by atoms with Crippen LogP contribution in [0.4, 0.5) is 5.95 Å². The van der Waals surface area contributed by atoms with E-state index in [1.54, 1.807) is 0 Å². The zero-order valence-electron chi connectivity index (χ0n) is 9.54. The van der Waals surface area contributed by atoms with Crippen molar-refractivity contribution in [2.75, 3.05) is 25.4 Å². The minimum atomic E-state index is -3.67. The molecule has 1 aliphatic rings. The van der Waals surface area contributed by atoms with Crippen LogP contribution < -0.4 is 11.1 Å². The van der Waals surface area contributed by atoms with Crippen molar-refractivity contribution < 1.29 is 13.2 Å². The molecule has 2 rings (SSSR count). The third-order valence-corrected chi connectivity index (χ3v) is 4.41. The number of carbonyl (C=O) groups excluding carboxylic acids is 1. The van der Waals surface area contributed by atoms with Gasteiger partial charge in [0.15, 0.2) is 0 Å². The Balaban J connectivity index is 2.25. The van der Waals surface area contributed by atoms with E-state index >= 15 is 0 Å². The standard InChI is InChI=1S/C9H13N5O3S/c10-9-12-5-7(6-13-9)18(16,17)14-3-1-8(15)11-2-4-14/h5-6H,1-4H2,(H,11,15)(H2,10,12,13). The fourth-order valence-corrected chi connectivity index (χ4v) is 2.93. The lowest BCUT2D eigenvalue weighted by atomic mass is 10.4. The van der Waals surface area contributed by atoms with Gasteiger partial charge in [-0.15, -0.1) is 0 Å². The maximum absolute atomic E-state index is 12.2. The van der Waals surface area contributed by atoms with Crippen LogP contribution in [0.15, 0.2) is 17.3 Å². The molecule has 0 aliphatic carbocycles. The van der Waals surface area contributed by atoms with E-state index in [-0.39, 0.29) is 36.3 Å². The fourth-order valence-electron chi connectivity index (χ4n) is 1.60. The monoisotopic (exact) mass is 271 g/mol. The number of nitrogen functional groups attached to an aromatic ring is 1. The molecule has 0 bridgehead atoms. The lowest BCUT2D eigenvalue weighted by molar-refractivity contribution is -0.120. The number of anilines is 1. The molecule has 1 fully saturated rings. The van der Waals surface area contributed by atoms with Crippen LogP contribution in [-0.4, -0.2) is 48.2 Å². The second kappa shape index (κ2) is 4.86. The van der Waals surface area contributed by atoms with Crippen molar-refractivity contribution in [3.05, 3.63) is 12.4 Å². The van der Waals surface area contributed by atoms with E-state index in [4.69, 9.17) is 5.73 Å². The van der Waals surface area contributed by atoms with Gasteiger partial charge in [-0.05, 0) is 0 Å². The van der Waals surface area contributed by atoms with Gasteiger partial charge >= 0.3 is 0 Å². The van der Waals surface area contributed by atoms with E-state index in [9.17, 15) is 13.2 Å². The van der Waals surface area contributed by atoms with Gasteiger partial charge in [-0.2, -0.15) is 4.31 Å². The van der Waals surface area contributed by atoms with Gasteiger partial charge in [0.2, 0.25) is 21.9 Å². The van der Waals surface area contributed by atoms with Gasteiger partial charge in [-0.25, -0.2) is 18.4 Å². The first-order valence-electron chi connectivity index (χ1n) is 5.34. The Bertz CT molecular complexity index is 542. The molecule has 3 N–H and O–H groups in total. The summed E-state index contributed by atoms with van der Waals surface area (Å²) in [6, 6.07) is 0. The molecule has 8 nitrogen and oxygen atoms in total. The SMILES string of the molecule is Nc1ncc(S(=O)(=O)N2CCNC(=O)CC2)cn1. The maximum Gasteiger partial charge on any atom is 0.246 e. The number of amides is 1. The molecule has 0 saturated carbocycles. The van der Waals surface area contributed by atoms with E-state index in [0.717, 1.165) is 12.4 Å². The molecule has 0 spiro atoms. The van der Waals surface area contributed by atoms with Gasteiger partial charge in [0.05, 0.1) is 12.4 Å². The Hall–Kier alpha value is -1.74. The van der Waals surface area contributed by atoms with Crippen molar-refractivity contribution in [1.82, 2.24) is 19.6 Å². The normalized spacial score (nSPS) is 18.1. The zero-order chi connectivity index (χ0) is 13.2. The van der Waals surface area contributed by atoms with E-state index in [0.29, 0.717) is 6.54 Å². The van der Waals surface area contributed by atoms with Crippen LogP contribution in [0.25, 0.3) is 0 Å². The zero-order valence-corrected chi connectivity index (χ0v) is 10.4. The van der Waals surface area contributed by atoms with E-state index in [1.165, 1.54) is 4.31 Å². The summed E-state index contributed by atoms with van der Waals surface area (Å²) in [6.07, 6.45) is 2.48. The molecule has 1 aromatic rings. The number of nitrogens with one attached hydrogen (secondary N) is 1. The van der Waals surface area contributed by atoms with Crippen LogP contribution >= 0.6 is 0 Å². The first-order chi connectivity index (χ1) is 8.50.